The van der Waals surface area contributed by atoms with Crippen LogP contribution in [-0.2, 0) is 27.1 Å². The van der Waals surface area contributed by atoms with Crippen LogP contribution in [0.3, 0.4) is 0 Å². The van der Waals surface area contributed by atoms with Crippen LogP contribution >= 0.6 is 0 Å². The van der Waals surface area contributed by atoms with Gasteiger partial charge in [-0.1, -0.05) is 29.8 Å². The van der Waals surface area contributed by atoms with Gasteiger partial charge in [-0.3, -0.25) is 9.40 Å². The molecule has 0 amide bonds. The first-order valence-electron chi connectivity index (χ1n) is 8.20. The maximum absolute atomic E-state index is 12.3. The van der Waals surface area contributed by atoms with Crippen LogP contribution in [0, 0.1) is 6.92 Å². The third-order valence-corrected chi connectivity index (χ3v) is 5.27. The van der Waals surface area contributed by atoms with Gasteiger partial charge in [-0.25, -0.2) is 8.42 Å². The minimum absolute atomic E-state index is 0.0500. The van der Waals surface area contributed by atoms with E-state index in [9.17, 15) is 8.42 Å². The molecule has 0 bridgehead atoms. The summed E-state index contributed by atoms with van der Waals surface area (Å²) in [7, 11) is -3.46. The lowest BCUT2D eigenvalue weighted by molar-refractivity contribution is 0.00401. The Labute approximate surface area is 142 Å². The number of nitrogens with zero attached hydrogens (tertiary/aromatic N) is 2. The molecule has 130 valence electrons. The quantitative estimate of drug-likeness (QED) is 0.870. The normalized spacial score (nSPS) is 18.5. The van der Waals surface area contributed by atoms with Crippen LogP contribution in [0.15, 0.2) is 36.7 Å². The zero-order chi connectivity index (χ0) is 17.0. The summed E-state index contributed by atoms with van der Waals surface area (Å²) in [6, 6.07) is 7.50. The molecule has 2 heterocycles. The van der Waals surface area contributed by atoms with Gasteiger partial charge in [0.15, 0.2) is 0 Å². The van der Waals surface area contributed by atoms with Gasteiger partial charge in [-0.05, 0) is 31.7 Å². The molecule has 1 aliphatic rings. The predicted octanol–water partition coefficient (Wildman–Crippen LogP) is 2.70. The number of nitrogens with one attached hydrogen (secondary N) is 1. The van der Waals surface area contributed by atoms with Crippen LogP contribution in [0.4, 0.5) is 5.69 Å². The molecule has 1 aromatic carbocycles. The molecule has 1 N–H and O–H groups in total. The molecule has 7 heteroatoms. The van der Waals surface area contributed by atoms with Gasteiger partial charge in [0.05, 0.1) is 30.3 Å². The maximum Gasteiger partial charge on any atom is 0.237 e. The van der Waals surface area contributed by atoms with Gasteiger partial charge in [-0.2, -0.15) is 5.10 Å². The molecule has 0 spiro atoms. The molecule has 1 atom stereocenters. The van der Waals surface area contributed by atoms with Gasteiger partial charge >= 0.3 is 0 Å². The molecular weight excluding hydrogens is 326 g/mol. The first-order chi connectivity index (χ1) is 11.5. The largest absolute Gasteiger partial charge is 0.376 e. The third-order valence-electron chi connectivity index (χ3n) is 4.01. The van der Waals surface area contributed by atoms with Crippen molar-refractivity contribution in [2.75, 3.05) is 11.3 Å². The van der Waals surface area contributed by atoms with Crippen molar-refractivity contribution < 1.29 is 13.2 Å². The van der Waals surface area contributed by atoms with Crippen molar-refractivity contribution in [2.45, 2.75) is 44.6 Å². The highest BCUT2D eigenvalue weighted by Gasteiger charge is 2.16. The van der Waals surface area contributed by atoms with E-state index in [1.54, 1.807) is 10.9 Å². The zero-order valence-electron chi connectivity index (χ0n) is 13.8. The number of hydrogen-bond acceptors (Lipinski definition) is 4. The van der Waals surface area contributed by atoms with E-state index in [-0.39, 0.29) is 11.9 Å². The van der Waals surface area contributed by atoms with Crippen molar-refractivity contribution in [1.82, 2.24) is 9.78 Å². The van der Waals surface area contributed by atoms with Crippen LogP contribution < -0.4 is 4.72 Å². The maximum atomic E-state index is 12.3. The average molecular weight is 349 g/mol. The van der Waals surface area contributed by atoms with Crippen molar-refractivity contribution >= 4 is 15.7 Å². The fourth-order valence-corrected chi connectivity index (χ4v) is 4.07. The highest BCUT2D eigenvalue weighted by molar-refractivity contribution is 7.91. The van der Waals surface area contributed by atoms with E-state index >= 15 is 0 Å². The third kappa shape index (κ3) is 4.82. The molecule has 0 radical (unpaired) electrons. The zero-order valence-corrected chi connectivity index (χ0v) is 14.6. The van der Waals surface area contributed by atoms with Crippen LogP contribution in [0.1, 0.15) is 30.4 Å². The Hall–Kier alpha value is -1.86. The summed E-state index contributed by atoms with van der Waals surface area (Å²) in [6.07, 6.45) is 6.72. The molecular formula is C17H23N3O3S. The Morgan fingerprint density at radius 1 is 1.38 bits per heavy atom. The molecule has 1 saturated heterocycles. The highest BCUT2D eigenvalue weighted by atomic mass is 32.2. The molecule has 24 heavy (non-hydrogen) atoms. The molecule has 0 aliphatic carbocycles. The van der Waals surface area contributed by atoms with Gasteiger partial charge in [0.25, 0.3) is 0 Å². The summed E-state index contributed by atoms with van der Waals surface area (Å²) in [5.74, 6) is -0.0500. The number of rotatable bonds is 6. The Morgan fingerprint density at radius 3 is 3.00 bits per heavy atom. The highest BCUT2D eigenvalue weighted by Crippen LogP contribution is 2.16. The molecule has 0 saturated carbocycles. The molecule has 1 aliphatic heterocycles. The van der Waals surface area contributed by atoms with E-state index in [2.05, 4.69) is 9.82 Å². The van der Waals surface area contributed by atoms with Gasteiger partial charge in [-0.15, -0.1) is 0 Å². The van der Waals surface area contributed by atoms with Crippen molar-refractivity contribution in [1.29, 1.82) is 0 Å². The average Bonchev–Trinajstić information content (AvgIpc) is 2.94. The Morgan fingerprint density at radius 2 is 2.25 bits per heavy atom. The van der Waals surface area contributed by atoms with Crippen LogP contribution in [-0.4, -0.2) is 30.9 Å². The summed E-state index contributed by atoms with van der Waals surface area (Å²) >= 11 is 0. The smallest absolute Gasteiger partial charge is 0.237 e. The first-order valence-corrected chi connectivity index (χ1v) is 9.85. The van der Waals surface area contributed by atoms with Gasteiger partial charge in [0.1, 0.15) is 0 Å². The van der Waals surface area contributed by atoms with Crippen molar-refractivity contribution in [2.24, 2.45) is 0 Å². The Bertz CT molecular complexity index is 780. The number of ether oxygens (including phenoxy) is 1. The second-order valence-electron chi connectivity index (χ2n) is 6.29. The number of benzene rings is 1. The van der Waals surface area contributed by atoms with Gasteiger partial charge in [0.2, 0.25) is 10.0 Å². The summed E-state index contributed by atoms with van der Waals surface area (Å²) in [4.78, 5) is 0. The summed E-state index contributed by atoms with van der Waals surface area (Å²) < 4.78 is 34.6. The lowest BCUT2D eigenvalue weighted by Gasteiger charge is -2.22. The van der Waals surface area contributed by atoms with E-state index in [4.69, 9.17) is 4.74 Å². The molecule has 0 unspecified atom stereocenters. The van der Waals surface area contributed by atoms with E-state index in [0.29, 0.717) is 12.2 Å². The molecule has 6 nitrogen and oxygen atoms in total. The van der Waals surface area contributed by atoms with E-state index in [0.717, 1.165) is 30.6 Å². The van der Waals surface area contributed by atoms with Crippen molar-refractivity contribution in [3.8, 4) is 0 Å². The van der Waals surface area contributed by atoms with Crippen LogP contribution in [0.25, 0.3) is 0 Å². The standard InChI is InChI=1S/C17H23N3O3S/c1-14-5-4-6-15(9-14)13-24(21,22)19-16-10-18-20(11-16)12-17-7-2-3-8-23-17/h4-6,9-11,17,19H,2-3,7-8,12-13H2,1H3/t17-/m0/s1. The van der Waals surface area contributed by atoms with Crippen LogP contribution in [0.2, 0.25) is 0 Å². The second-order valence-corrected chi connectivity index (χ2v) is 8.01. The molecule has 1 fully saturated rings. The fourth-order valence-electron chi connectivity index (χ4n) is 2.91. The topological polar surface area (TPSA) is 73.2 Å². The summed E-state index contributed by atoms with van der Waals surface area (Å²) in [6.45, 7) is 3.39. The van der Waals surface area contributed by atoms with Crippen molar-refractivity contribution in [3.63, 3.8) is 0 Å². The molecule has 2 aromatic rings. The van der Waals surface area contributed by atoms with Crippen molar-refractivity contribution in [3.05, 3.63) is 47.8 Å². The van der Waals surface area contributed by atoms with Gasteiger partial charge in [0, 0.05) is 12.8 Å². The van der Waals surface area contributed by atoms with Crippen LogP contribution in [0.5, 0.6) is 0 Å². The monoisotopic (exact) mass is 349 g/mol. The first kappa shape index (κ1) is 17.0. The lowest BCUT2D eigenvalue weighted by Crippen LogP contribution is -2.24. The number of aromatic nitrogens is 2. The Kier molecular flexibility index (Phi) is 5.20. The second kappa shape index (κ2) is 7.36. The van der Waals surface area contributed by atoms with E-state index in [1.807, 2.05) is 31.2 Å². The predicted molar refractivity (Wildman–Crippen MR) is 93.2 cm³/mol. The molecule has 1 aromatic heterocycles. The van der Waals surface area contributed by atoms with Gasteiger partial charge < -0.3 is 4.74 Å². The number of anilines is 1. The SMILES string of the molecule is Cc1cccc(CS(=O)(=O)Nc2cnn(C[C@@H]3CCCCO3)c2)c1. The Balaban J connectivity index is 1.60. The minimum atomic E-state index is -3.46. The number of hydrogen-bond donors (Lipinski definition) is 1. The molecule has 3 rings (SSSR count). The number of sulfonamides is 1. The number of aryl methyl sites for hydroxylation is 1. The van der Waals surface area contributed by atoms with E-state index in [1.165, 1.54) is 12.6 Å². The summed E-state index contributed by atoms with van der Waals surface area (Å²) in [5.41, 5.74) is 2.30. The lowest BCUT2D eigenvalue weighted by atomic mass is 10.1. The minimum Gasteiger partial charge on any atom is -0.376 e. The van der Waals surface area contributed by atoms with E-state index < -0.39 is 10.0 Å². The fraction of sp³-hybridized carbons (Fsp3) is 0.471. The summed E-state index contributed by atoms with van der Waals surface area (Å²) in [5, 5.41) is 4.23.